The van der Waals surface area contributed by atoms with Crippen LogP contribution in [0.25, 0.3) is 0 Å². The fourth-order valence-electron chi connectivity index (χ4n) is 2.23. The molecule has 114 valence electrons. The van der Waals surface area contributed by atoms with Crippen molar-refractivity contribution in [3.63, 3.8) is 0 Å². The second-order valence-corrected chi connectivity index (χ2v) is 5.26. The number of hydrogen-bond donors (Lipinski definition) is 1. The number of aromatic nitrogens is 2. The van der Waals surface area contributed by atoms with E-state index in [4.69, 9.17) is 9.15 Å². The molecular weight excluding hydrogens is 270 g/mol. The van der Waals surface area contributed by atoms with Crippen LogP contribution in [0.4, 0.5) is 0 Å². The van der Waals surface area contributed by atoms with Crippen molar-refractivity contribution >= 4 is 5.97 Å². The van der Waals surface area contributed by atoms with Crippen LogP contribution in [0.2, 0.25) is 0 Å². The second-order valence-electron chi connectivity index (χ2n) is 5.26. The zero-order chi connectivity index (χ0) is 15.4. The normalized spacial score (nSPS) is 14.1. The number of furan rings is 1. The standard InChI is InChI=1S/C15H21N3O3/c1-10(2)12(15(19)20-4)17-13(11-6-5-9-21-11)14-16-7-8-18(14)3/h5-10,12-13,17H,1-4H3. The molecule has 0 fully saturated rings. The van der Waals surface area contributed by atoms with Crippen molar-refractivity contribution in [2.75, 3.05) is 7.11 Å². The molecule has 0 spiro atoms. The minimum absolute atomic E-state index is 0.0789. The fourth-order valence-corrected chi connectivity index (χ4v) is 2.23. The van der Waals surface area contributed by atoms with E-state index in [1.54, 1.807) is 12.5 Å². The number of imidazole rings is 1. The van der Waals surface area contributed by atoms with Gasteiger partial charge in [-0.2, -0.15) is 0 Å². The van der Waals surface area contributed by atoms with E-state index in [-0.39, 0.29) is 17.9 Å². The molecule has 0 amide bonds. The van der Waals surface area contributed by atoms with Crippen molar-refractivity contribution < 1.29 is 13.9 Å². The fraction of sp³-hybridized carbons (Fsp3) is 0.467. The molecule has 2 aromatic heterocycles. The molecule has 0 aliphatic heterocycles. The van der Waals surface area contributed by atoms with Gasteiger partial charge in [0.25, 0.3) is 0 Å². The Kier molecular flexibility index (Phi) is 4.80. The molecule has 0 saturated heterocycles. The smallest absolute Gasteiger partial charge is 0.323 e. The number of nitrogens with zero attached hydrogens (tertiary/aromatic N) is 2. The summed E-state index contributed by atoms with van der Waals surface area (Å²) in [5, 5.41) is 3.30. The summed E-state index contributed by atoms with van der Waals surface area (Å²) in [5.74, 6) is 1.27. The molecule has 0 aliphatic rings. The molecule has 0 aromatic carbocycles. The van der Waals surface area contributed by atoms with Gasteiger partial charge >= 0.3 is 5.97 Å². The number of carbonyl (C=O) groups excluding carboxylic acids is 1. The SMILES string of the molecule is COC(=O)C(NC(c1ccco1)c1nccn1C)C(C)C. The van der Waals surface area contributed by atoms with Gasteiger partial charge in [0.2, 0.25) is 0 Å². The summed E-state index contributed by atoms with van der Waals surface area (Å²) < 4.78 is 12.3. The zero-order valence-corrected chi connectivity index (χ0v) is 12.7. The van der Waals surface area contributed by atoms with Gasteiger partial charge < -0.3 is 13.7 Å². The molecule has 2 atom stereocenters. The van der Waals surface area contributed by atoms with Gasteiger partial charge in [0.1, 0.15) is 23.7 Å². The lowest BCUT2D eigenvalue weighted by molar-refractivity contribution is -0.144. The van der Waals surface area contributed by atoms with Crippen molar-refractivity contribution in [3.05, 3.63) is 42.4 Å². The molecule has 6 nitrogen and oxygen atoms in total. The first-order valence-electron chi connectivity index (χ1n) is 6.89. The van der Waals surface area contributed by atoms with Crippen molar-refractivity contribution in [3.8, 4) is 0 Å². The molecule has 0 bridgehead atoms. The first kappa shape index (κ1) is 15.3. The van der Waals surface area contributed by atoms with E-state index < -0.39 is 6.04 Å². The number of aryl methyl sites for hydroxylation is 1. The summed E-state index contributed by atoms with van der Waals surface area (Å²) in [5.41, 5.74) is 0. The third-order valence-corrected chi connectivity index (χ3v) is 3.41. The van der Waals surface area contributed by atoms with Crippen LogP contribution < -0.4 is 5.32 Å². The van der Waals surface area contributed by atoms with Crippen LogP contribution >= 0.6 is 0 Å². The average molecular weight is 291 g/mol. The van der Waals surface area contributed by atoms with Crippen LogP contribution in [0.3, 0.4) is 0 Å². The van der Waals surface area contributed by atoms with Crippen molar-refractivity contribution in [1.29, 1.82) is 0 Å². The highest BCUT2D eigenvalue weighted by molar-refractivity contribution is 5.76. The quantitative estimate of drug-likeness (QED) is 0.823. The number of ether oxygens (including phenoxy) is 1. The van der Waals surface area contributed by atoms with E-state index in [0.29, 0.717) is 5.76 Å². The van der Waals surface area contributed by atoms with E-state index in [2.05, 4.69) is 10.3 Å². The Morgan fingerprint density at radius 3 is 2.71 bits per heavy atom. The van der Waals surface area contributed by atoms with Gasteiger partial charge in [-0.25, -0.2) is 4.98 Å². The number of esters is 1. The predicted molar refractivity (Wildman–Crippen MR) is 77.5 cm³/mol. The minimum Gasteiger partial charge on any atom is -0.468 e. The van der Waals surface area contributed by atoms with Gasteiger partial charge in [-0.3, -0.25) is 10.1 Å². The molecule has 0 saturated carbocycles. The summed E-state index contributed by atoms with van der Waals surface area (Å²) in [6, 6.07) is 2.92. The van der Waals surface area contributed by atoms with Crippen LogP contribution in [0, 0.1) is 5.92 Å². The van der Waals surface area contributed by atoms with Crippen LogP contribution in [0.15, 0.2) is 35.2 Å². The van der Waals surface area contributed by atoms with E-state index >= 15 is 0 Å². The highest BCUT2D eigenvalue weighted by Gasteiger charge is 2.30. The molecule has 6 heteroatoms. The van der Waals surface area contributed by atoms with Gasteiger partial charge in [-0.15, -0.1) is 0 Å². The number of hydrogen-bond acceptors (Lipinski definition) is 5. The van der Waals surface area contributed by atoms with Crippen LogP contribution in [-0.4, -0.2) is 28.7 Å². The van der Waals surface area contributed by atoms with E-state index in [1.165, 1.54) is 7.11 Å². The van der Waals surface area contributed by atoms with Crippen molar-refractivity contribution in [1.82, 2.24) is 14.9 Å². The van der Waals surface area contributed by atoms with Crippen molar-refractivity contribution in [2.24, 2.45) is 13.0 Å². The molecule has 1 N–H and O–H groups in total. The summed E-state index contributed by atoms with van der Waals surface area (Å²) in [6.07, 6.45) is 5.18. The van der Waals surface area contributed by atoms with Crippen molar-refractivity contribution in [2.45, 2.75) is 25.9 Å². The highest BCUT2D eigenvalue weighted by Crippen LogP contribution is 2.23. The topological polar surface area (TPSA) is 69.3 Å². The van der Waals surface area contributed by atoms with Crippen LogP contribution in [0.1, 0.15) is 31.5 Å². The Hall–Kier alpha value is -2.08. The molecule has 2 aromatic rings. The Balaban J connectivity index is 2.33. The van der Waals surface area contributed by atoms with Crippen LogP contribution in [0.5, 0.6) is 0 Å². The van der Waals surface area contributed by atoms with Crippen LogP contribution in [-0.2, 0) is 16.6 Å². The third-order valence-electron chi connectivity index (χ3n) is 3.41. The molecular formula is C15H21N3O3. The zero-order valence-electron chi connectivity index (χ0n) is 12.7. The molecule has 2 rings (SSSR count). The lowest BCUT2D eigenvalue weighted by atomic mass is 10.0. The summed E-state index contributed by atoms with van der Waals surface area (Å²) >= 11 is 0. The molecule has 2 heterocycles. The van der Waals surface area contributed by atoms with E-state index in [0.717, 1.165) is 5.82 Å². The maximum absolute atomic E-state index is 12.0. The number of carbonyl (C=O) groups is 1. The Labute approximate surface area is 124 Å². The maximum atomic E-state index is 12.0. The van der Waals surface area contributed by atoms with Gasteiger partial charge in [-0.1, -0.05) is 13.8 Å². The lowest BCUT2D eigenvalue weighted by Crippen LogP contribution is -2.44. The summed E-state index contributed by atoms with van der Waals surface area (Å²) in [4.78, 5) is 16.3. The lowest BCUT2D eigenvalue weighted by Gasteiger charge is -2.25. The average Bonchev–Trinajstić information content (AvgIpc) is 3.11. The number of methoxy groups -OCH3 is 1. The minimum atomic E-state index is -0.443. The van der Waals surface area contributed by atoms with Gasteiger partial charge in [0, 0.05) is 19.4 Å². The second kappa shape index (κ2) is 6.58. The summed E-state index contributed by atoms with van der Waals surface area (Å²) in [6.45, 7) is 3.93. The predicted octanol–water partition coefficient (Wildman–Crippen LogP) is 1.89. The molecule has 2 unspecified atom stereocenters. The molecule has 0 aliphatic carbocycles. The monoisotopic (exact) mass is 291 g/mol. The Morgan fingerprint density at radius 2 is 2.24 bits per heavy atom. The third kappa shape index (κ3) is 3.33. The van der Waals surface area contributed by atoms with E-state index in [1.807, 2.05) is 43.8 Å². The maximum Gasteiger partial charge on any atom is 0.323 e. The number of rotatable bonds is 6. The molecule has 0 radical (unpaired) electrons. The first-order chi connectivity index (χ1) is 10.0. The molecule has 21 heavy (non-hydrogen) atoms. The largest absolute Gasteiger partial charge is 0.468 e. The van der Waals surface area contributed by atoms with Gasteiger partial charge in [0.05, 0.1) is 13.4 Å². The van der Waals surface area contributed by atoms with Gasteiger partial charge in [-0.05, 0) is 18.1 Å². The Morgan fingerprint density at radius 1 is 1.48 bits per heavy atom. The van der Waals surface area contributed by atoms with E-state index in [9.17, 15) is 4.79 Å². The summed E-state index contributed by atoms with van der Waals surface area (Å²) in [7, 11) is 3.30. The Bertz CT molecular complexity index is 575. The first-order valence-corrected chi connectivity index (χ1v) is 6.89. The number of nitrogens with one attached hydrogen (secondary N) is 1. The van der Waals surface area contributed by atoms with Gasteiger partial charge in [0.15, 0.2) is 0 Å². The highest BCUT2D eigenvalue weighted by atomic mass is 16.5.